The number of halogens is 1. The number of benzene rings is 3. The van der Waals surface area contributed by atoms with Crippen LogP contribution in [0.5, 0.6) is 5.75 Å². The fourth-order valence-electron chi connectivity index (χ4n) is 3.51. The van der Waals surface area contributed by atoms with Gasteiger partial charge < -0.3 is 20.3 Å². The van der Waals surface area contributed by atoms with Gasteiger partial charge in [0.2, 0.25) is 5.60 Å². The number of hydrogen-bond acceptors (Lipinski definition) is 6. The van der Waals surface area contributed by atoms with Crippen LogP contribution >= 0.6 is 11.6 Å². The van der Waals surface area contributed by atoms with Gasteiger partial charge >= 0.3 is 5.97 Å². The van der Waals surface area contributed by atoms with Crippen molar-refractivity contribution in [1.82, 2.24) is 0 Å². The fourth-order valence-corrected chi connectivity index (χ4v) is 5.60. The summed E-state index contributed by atoms with van der Waals surface area (Å²) in [5.74, 6) is -1.84. The van der Waals surface area contributed by atoms with Crippen LogP contribution in [0.1, 0.15) is 23.7 Å². The van der Waals surface area contributed by atoms with Gasteiger partial charge in [-0.25, -0.2) is 13.2 Å². The Morgan fingerprint density at radius 2 is 1.60 bits per heavy atom. The number of carboxylic acid groups (broad SMARTS) is 1. The molecule has 0 aliphatic rings. The van der Waals surface area contributed by atoms with E-state index < -0.39 is 39.2 Å². The fraction of sp³-hybridized carbons (Fsp3) is 0.200. The summed E-state index contributed by atoms with van der Waals surface area (Å²) in [5.41, 5.74) is -2.01. The smallest absolute Gasteiger partial charge is 0.340 e. The average Bonchev–Trinajstić information content (AvgIpc) is 2.84. The van der Waals surface area contributed by atoms with Gasteiger partial charge in [0, 0.05) is 16.3 Å². The minimum atomic E-state index is -4.30. The maximum atomic E-state index is 13.3. The molecule has 0 saturated heterocycles. The zero-order chi connectivity index (χ0) is 25.6. The predicted molar refractivity (Wildman–Crippen MR) is 132 cm³/mol. The number of aliphatic carboxylic acids is 1. The van der Waals surface area contributed by atoms with Crippen molar-refractivity contribution in [1.29, 1.82) is 0 Å². The number of sulfone groups is 1. The normalized spacial score (nSPS) is 13.9. The standard InChI is InChI=1S/C25H24ClNO7S/c1-2-22(25(31,24(29)30)16-34-20-6-4-3-5-7-20)35(32,33)21-14-12-19(13-15-21)27-23(28)17-8-10-18(26)11-9-17/h3-15,22,31H,2,16H2,1H3,(H,27,28)(H,29,30). The molecule has 3 aromatic carbocycles. The maximum absolute atomic E-state index is 13.3. The molecule has 2 unspecified atom stereocenters. The molecule has 0 spiro atoms. The molecular weight excluding hydrogens is 494 g/mol. The summed E-state index contributed by atoms with van der Waals surface area (Å²) in [4.78, 5) is 24.2. The molecule has 0 fully saturated rings. The first-order chi connectivity index (χ1) is 16.6. The van der Waals surface area contributed by atoms with Crippen molar-refractivity contribution in [3.8, 4) is 5.75 Å². The predicted octanol–water partition coefficient (Wildman–Crippen LogP) is 4.04. The Bertz CT molecular complexity index is 1280. The quantitative estimate of drug-likeness (QED) is 0.370. The molecule has 3 N–H and O–H groups in total. The van der Waals surface area contributed by atoms with Crippen molar-refractivity contribution in [3.05, 3.63) is 89.4 Å². The number of nitrogens with one attached hydrogen (secondary N) is 1. The van der Waals surface area contributed by atoms with E-state index >= 15 is 0 Å². The lowest BCUT2D eigenvalue weighted by Gasteiger charge is -2.31. The Balaban J connectivity index is 1.81. The zero-order valence-corrected chi connectivity index (χ0v) is 20.3. The van der Waals surface area contributed by atoms with Crippen LogP contribution in [-0.4, -0.2) is 48.0 Å². The number of aliphatic hydroxyl groups is 1. The van der Waals surface area contributed by atoms with Gasteiger partial charge in [-0.15, -0.1) is 0 Å². The summed E-state index contributed by atoms with van der Waals surface area (Å²) in [6.45, 7) is 0.707. The van der Waals surface area contributed by atoms with Crippen molar-refractivity contribution in [2.45, 2.75) is 29.1 Å². The van der Waals surface area contributed by atoms with E-state index in [0.29, 0.717) is 22.0 Å². The van der Waals surface area contributed by atoms with E-state index in [2.05, 4.69) is 5.32 Å². The van der Waals surface area contributed by atoms with Gasteiger partial charge in [0.15, 0.2) is 9.84 Å². The minimum Gasteiger partial charge on any atom is -0.490 e. The molecule has 0 aromatic heterocycles. The zero-order valence-electron chi connectivity index (χ0n) is 18.7. The topological polar surface area (TPSA) is 130 Å². The second kappa shape index (κ2) is 10.9. The van der Waals surface area contributed by atoms with E-state index in [9.17, 15) is 28.2 Å². The SMILES string of the molecule is CCC(C(O)(COc1ccccc1)C(=O)O)S(=O)(=O)c1ccc(NC(=O)c2ccc(Cl)cc2)cc1. The molecule has 1 amide bonds. The molecule has 10 heteroatoms. The number of para-hydroxylation sites is 1. The molecule has 35 heavy (non-hydrogen) atoms. The molecule has 3 rings (SSSR count). The summed E-state index contributed by atoms with van der Waals surface area (Å²) in [5, 5.41) is 22.1. The monoisotopic (exact) mass is 517 g/mol. The molecule has 0 saturated carbocycles. The lowest BCUT2D eigenvalue weighted by molar-refractivity contribution is -0.162. The first-order valence-corrected chi connectivity index (χ1v) is 12.5. The highest BCUT2D eigenvalue weighted by molar-refractivity contribution is 7.92. The van der Waals surface area contributed by atoms with Gasteiger partial charge in [-0.05, 0) is 67.1 Å². The third-order valence-corrected chi connectivity index (χ3v) is 8.05. The molecule has 0 bridgehead atoms. The molecular formula is C25H24ClNO7S. The lowest BCUT2D eigenvalue weighted by atomic mass is 9.98. The van der Waals surface area contributed by atoms with Gasteiger partial charge in [0.05, 0.1) is 4.90 Å². The third kappa shape index (κ3) is 6.00. The second-order valence-corrected chi connectivity index (χ2v) is 10.3. The maximum Gasteiger partial charge on any atom is 0.340 e. The molecule has 184 valence electrons. The number of anilines is 1. The molecule has 0 radical (unpaired) electrons. The average molecular weight is 518 g/mol. The molecule has 0 aliphatic carbocycles. The van der Waals surface area contributed by atoms with E-state index in [1.165, 1.54) is 31.2 Å². The highest BCUT2D eigenvalue weighted by atomic mass is 35.5. The van der Waals surface area contributed by atoms with E-state index in [-0.39, 0.29) is 11.3 Å². The van der Waals surface area contributed by atoms with Crippen molar-refractivity contribution >= 4 is 39.0 Å². The molecule has 2 atom stereocenters. The lowest BCUT2D eigenvalue weighted by Crippen LogP contribution is -2.56. The van der Waals surface area contributed by atoms with Gasteiger partial charge in [0.1, 0.15) is 17.6 Å². The number of carbonyl (C=O) groups excluding carboxylic acids is 1. The van der Waals surface area contributed by atoms with Gasteiger partial charge in [-0.2, -0.15) is 0 Å². The highest BCUT2D eigenvalue weighted by Crippen LogP contribution is 2.29. The number of amides is 1. The Hall–Kier alpha value is -3.40. The number of hydrogen-bond donors (Lipinski definition) is 3. The van der Waals surface area contributed by atoms with Crippen molar-refractivity contribution in [2.75, 3.05) is 11.9 Å². The van der Waals surface area contributed by atoms with Gasteiger partial charge in [0.25, 0.3) is 5.91 Å². The second-order valence-electron chi connectivity index (χ2n) is 7.76. The van der Waals surface area contributed by atoms with Crippen LogP contribution in [-0.2, 0) is 14.6 Å². The summed E-state index contributed by atoms with van der Waals surface area (Å²) in [6.07, 6.45) is -0.182. The van der Waals surface area contributed by atoms with Crippen molar-refractivity contribution in [2.24, 2.45) is 0 Å². The van der Waals surface area contributed by atoms with Crippen LogP contribution in [0.3, 0.4) is 0 Å². The van der Waals surface area contributed by atoms with E-state index in [4.69, 9.17) is 16.3 Å². The van der Waals surface area contributed by atoms with Crippen LogP contribution in [0, 0.1) is 0 Å². The van der Waals surface area contributed by atoms with Crippen LogP contribution in [0.15, 0.2) is 83.8 Å². The number of ether oxygens (including phenoxy) is 1. The van der Waals surface area contributed by atoms with Crippen LogP contribution in [0.2, 0.25) is 5.02 Å². The Kier molecular flexibility index (Phi) is 8.16. The first kappa shape index (κ1) is 26.2. The molecule has 3 aromatic rings. The largest absolute Gasteiger partial charge is 0.490 e. The van der Waals surface area contributed by atoms with Crippen LogP contribution in [0.25, 0.3) is 0 Å². The summed E-state index contributed by atoms with van der Waals surface area (Å²) >= 11 is 5.83. The molecule has 0 heterocycles. The Labute approximate surface area is 208 Å². The van der Waals surface area contributed by atoms with Gasteiger partial charge in [-0.3, -0.25) is 4.79 Å². The minimum absolute atomic E-state index is 0.182. The van der Waals surface area contributed by atoms with Crippen LogP contribution in [0.4, 0.5) is 5.69 Å². The highest BCUT2D eigenvalue weighted by Gasteiger charge is 2.51. The van der Waals surface area contributed by atoms with Crippen molar-refractivity contribution in [3.63, 3.8) is 0 Å². The summed E-state index contributed by atoms with van der Waals surface area (Å²) in [7, 11) is -4.30. The first-order valence-electron chi connectivity index (χ1n) is 10.6. The number of carbonyl (C=O) groups is 2. The number of carboxylic acids is 1. The van der Waals surface area contributed by atoms with Gasteiger partial charge in [-0.1, -0.05) is 36.7 Å². The molecule has 8 nitrogen and oxygen atoms in total. The van der Waals surface area contributed by atoms with Crippen molar-refractivity contribution < 1.29 is 33.0 Å². The van der Waals surface area contributed by atoms with E-state index in [1.807, 2.05) is 0 Å². The Morgan fingerprint density at radius 1 is 1.00 bits per heavy atom. The summed E-state index contributed by atoms with van der Waals surface area (Å²) < 4.78 is 32.1. The molecule has 0 aliphatic heterocycles. The van der Waals surface area contributed by atoms with E-state index in [1.54, 1.807) is 54.6 Å². The summed E-state index contributed by atoms with van der Waals surface area (Å²) in [6, 6.07) is 19.7. The number of rotatable bonds is 10. The Morgan fingerprint density at radius 3 is 2.14 bits per heavy atom. The van der Waals surface area contributed by atoms with E-state index in [0.717, 1.165) is 0 Å². The van der Waals surface area contributed by atoms with Crippen LogP contribution < -0.4 is 10.1 Å². The third-order valence-electron chi connectivity index (χ3n) is 5.40.